The van der Waals surface area contributed by atoms with E-state index in [0.29, 0.717) is 37.4 Å². The molecule has 28 heavy (non-hydrogen) atoms. The molecule has 0 bridgehead atoms. The normalized spacial score (nSPS) is 15.7. The molecule has 148 valence electrons. The lowest BCUT2D eigenvalue weighted by molar-refractivity contribution is -0.119. The molecule has 2 aromatic rings. The number of phenols is 1. The molecule has 6 heteroatoms. The number of hydrogen-bond donors (Lipinski definition) is 1. The van der Waals surface area contributed by atoms with E-state index in [4.69, 9.17) is 4.74 Å². The molecule has 1 aliphatic heterocycles. The second kappa shape index (κ2) is 8.33. The minimum absolute atomic E-state index is 0.00443. The van der Waals surface area contributed by atoms with Crippen molar-refractivity contribution in [3.63, 3.8) is 0 Å². The molecule has 0 radical (unpaired) electrons. The van der Waals surface area contributed by atoms with E-state index >= 15 is 0 Å². The molecule has 6 nitrogen and oxygen atoms in total. The molecule has 0 saturated heterocycles. The number of aromatic hydroxyl groups is 1. The van der Waals surface area contributed by atoms with Gasteiger partial charge in [0.1, 0.15) is 0 Å². The van der Waals surface area contributed by atoms with Crippen LogP contribution in [0, 0.1) is 0 Å². The Hall–Kier alpha value is -3.02. The van der Waals surface area contributed by atoms with Crippen molar-refractivity contribution in [2.24, 2.45) is 0 Å². The second-order valence-corrected chi connectivity index (χ2v) is 6.82. The summed E-state index contributed by atoms with van der Waals surface area (Å²) >= 11 is 0. The zero-order valence-electron chi connectivity index (χ0n) is 16.5. The second-order valence-electron chi connectivity index (χ2n) is 6.82. The van der Waals surface area contributed by atoms with Crippen molar-refractivity contribution in [2.75, 3.05) is 26.7 Å². The van der Waals surface area contributed by atoms with Crippen LogP contribution in [-0.4, -0.2) is 54.0 Å². The van der Waals surface area contributed by atoms with Gasteiger partial charge in [-0.1, -0.05) is 12.1 Å². The predicted octanol–water partition coefficient (Wildman–Crippen LogP) is 2.99. The third-order valence-electron chi connectivity index (χ3n) is 5.37. The summed E-state index contributed by atoms with van der Waals surface area (Å²) in [6.45, 7) is 5.81. The Morgan fingerprint density at radius 3 is 2.50 bits per heavy atom. The first-order chi connectivity index (χ1) is 13.5. The molecule has 1 aliphatic rings. The number of benzene rings is 2. The molecule has 0 spiro atoms. The molecule has 3 rings (SSSR count). The number of carbonyl (C=O) groups is 2. The Balaban J connectivity index is 1.99. The van der Waals surface area contributed by atoms with Crippen molar-refractivity contribution in [2.45, 2.75) is 26.3 Å². The summed E-state index contributed by atoms with van der Waals surface area (Å²) in [5, 5.41) is 10.2. The molecule has 0 saturated carbocycles. The number of rotatable bonds is 6. The van der Waals surface area contributed by atoms with Crippen LogP contribution in [0.25, 0.3) is 0 Å². The topological polar surface area (TPSA) is 70.1 Å². The van der Waals surface area contributed by atoms with Gasteiger partial charge in [0.2, 0.25) is 6.41 Å². The van der Waals surface area contributed by atoms with Crippen molar-refractivity contribution in [1.82, 2.24) is 9.80 Å². The fourth-order valence-electron chi connectivity index (χ4n) is 3.80. The van der Waals surface area contributed by atoms with Gasteiger partial charge in [0.25, 0.3) is 5.91 Å². The van der Waals surface area contributed by atoms with E-state index in [1.807, 2.05) is 32.0 Å². The standard InChI is InChI=1S/C22H26N2O4/c1-4-23(5-2)22(27)16-8-6-15(7-9-16)21-18-13-19(26)20(28-3)12-17(18)10-11-24(21)14-25/h6-9,12-14,21,26H,4-5,10-11H2,1-3H3. The Kier molecular flexibility index (Phi) is 5.87. The average Bonchev–Trinajstić information content (AvgIpc) is 2.73. The Morgan fingerprint density at radius 1 is 1.25 bits per heavy atom. The summed E-state index contributed by atoms with van der Waals surface area (Å²) in [4.78, 5) is 27.7. The number of methoxy groups -OCH3 is 1. The Bertz CT molecular complexity index is 860. The van der Waals surface area contributed by atoms with Crippen LogP contribution in [0.3, 0.4) is 0 Å². The summed E-state index contributed by atoms with van der Waals surface area (Å²) in [6, 6.07) is 10.6. The van der Waals surface area contributed by atoms with Crippen LogP contribution in [0.1, 0.15) is 46.9 Å². The van der Waals surface area contributed by atoms with Crippen LogP contribution < -0.4 is 4.74 Å². The molecule has 2 amide bonds. The maximum Gasteiger partial charge on any atom is 0.253 e. The minimum atomic E-state index is -0.310. The van der Waals surface area contributed by atoms with Gasteiger partial charge in [-0.3, -0.25) is 9.59 Å². The first kappa shape index (κ1) is 19.7. The summed E-state index contributed by atoms with van der Waals surface area (Å²) in [6.07, 6.45) is 1.53. The van der Waals surface area contributed by atoms with Gasteiger partial charge in [-0.25, -0.2) is 0 Å². The van der Waals surface area contributed by atoms with Crippen molar-refractivity contribution in [3.8, 4) is 11.5 Å². The first-order valence-electron chi connectivity index (χ1n) is 9.54. The van der Waals surface area contributed by atoms with Crippen LogP contribution in [0.5, 0.6) is 11.5 Å². The summed E-state index contributed by atoms with van der Waals surface area (Å²) in [5.74, 6) is 0.472. The molecule has 0 fully saturated rings. The van der Waals surface area contributed by atoms with E-state index in [2.05, 4.69) is 0 Å². The lowest BCUT2D eigenvalue weighted by atomic mass is 9.87. The number of hydrogen-bond acceptors (Lipinski definition) is 4. The zero-order valence-corrected chi connectivity index (χ0v) is 16.5. The maximum atomic E-state index is 12.5. The number of phenolic OH excluding ortho intramolecular Hbond substituents is 1. The van der Waals surface area contributed by atoms with Crippen LogP contribution in [0.15, 0.2) is 36.4 Å². The van der Waals surface area contributed by atoms with Crippen molar-refractivity contribution in [3.05, 3.63) is 58.7 Å². The molecule has 1 N–H and O–H groups in total. The van der Waals surface area contributed by atoms with E-state index in [1.54, 1.807) is 28.0 Å². The largest absolute Gasteiger partial charge is 0.504 e. The highest BCUT2D eigenvalue weighted by atomic mass is 16.5. The predicted molar refractivity (Wildman–Crippen MR) is 107 cm³/mol. The van der Waals surface area contributed by atoms with Gasteiger partial charge in [-0.05, 0) is 61.2 Å². The third kappa shape index (κ3) is 3.54. The maximum absolute atomic E-state index is 12.5. The van der Waals surface area contributed by atoms with Crippen LogP contribution >= 0.6 is 0 Å². The Labute approximate surface area is 165 Å². The monoisotopic (exact) mass is 382 g/mol. The van der Waals surface area contributed by atoms with Gasteiger partial charge in [-0.15, -0.1) is 0 Å². The van der Waals surface area contributed by atoms with Gasteiger partial charge < -0.3 is 19.6 Å². The molecule has 0 aromatic heterocycles. The summed E-state index contributed by atoms with van der Waals surface area (Å²) in [5.41, 5.74) is 3.44. The number of fused-ring (bicyclic) bond motifs is 1. The smallest absolute Gasteiger partial charge is 0.253 e. The fraction of sp³-hybridized carbons (Fsp3) is 0.364. The highest BCUT2D eigenvalue weighted by molar-refractivity contribution is 5.94. The number of carbonyl (C=O) groups excluding carboxylic acids is 2. The van der Waals surface area contributed by atoms with Crippen molar-refractivity contribution in [1.29, 1.82) is 0 Å². The van der Waals surface area contributed by atoms with E-state index in [9.17, 15) is 14.7 Å². The van der Waals surface area contributed by atoms with Gasteiger partial charge >= 0.3 is 0 Å². The highest BCUT2D eigenvalue weighted by Crippen LogP contribution is 2.40. The summed E-state index contributed by atoms with van der Waals surface area (Å²) < 4.78 is 5.22. The van der Waals surface area contributed by atoms with Crippen LogP contribution in [0.2, 0.25) is 0 Å². The highest BCUT2D eigenvalue weighted by Gasteiger charge is 2.29. The third-order valence-corrected chi connectivity index (χ3v) is 5.37. The van der Waals surface area contributed by atoms with Crippen molar-refractivity contribution >= 4 is 12.3 Å². The van der Waals surface area contributed by atoms with E-state index < -0.39 is 0 Å². The number of nitrogens with zero attached hydrogens (tertiary/aromatic N) is 2. The Morgan fingerprint density at radius 2 is 1.93 bits per heavy atom. The van der Waals surface area contributed by atoms with Gasteiger partial charge in [0.15, 0.2) is 11.5 Å². The van der Waals surface area contributed by atoms with E-state index in [0.717, 1.165) is 23.1 Å². The number of ether oxygens (including phenoxy) is 1. The molecule has 0 aliphatic carbocycles. The number of amides is 2. The van der Waals surface area contributed by atoms with Gasteiger partial charge in [0.05, 0.1) is 13.2 Å². The molecule has 1 heterocycles. The lowest BCUT2D eigenvalue weighted by Crippen LogP contribution is -2.35. The minimum Gasteiger partial charge on any atom is -0.504 e. The van der Waals surface area contributed by atoms with Crippen molar-refractivity contribution < 1.29 is 19.4 Å². The van der Waals surface area contributed by atoms with Crippen LogP contribution in [-0.2, 0) is 11.2 Å². The van der Waals surface area contributed by atoms with E-state index in [-0.39, 0.29) is 17.7 Å². The molecule has 1 unspecified atom stereocenters. The quantitative estimate of drug-likeness (QED) is 0.780. The van der Waals surface area contributed by atoms with Gasteiger partial charge in [0, 0.05) is 25.2 Å². The molecular formula is C22H26N2O4. The zero-order chi connectivity index (χ0) is 20.3. The molecule has 2 aromatic carbocycles. The first-order valence-corrected chi connectivity index (χ1v) is 9.54. The summed E-state index contributed by atoms with van der Waals surface area (Å²) in [7, 11) is 1.52. The molecule has 1 atom stereocenters. The SMILES string of the molecule is CCN(CC)C(=O)c1ccc(C2c3cc(O)c(OC)cc3CCN2C=O)cc1. The lowest BCUT2D eigenvalue weighted by Gasteiger charge is -2.35. The fourth-order valence-corrected chi connectivity index (χ4v) is 3.80. The average molecular weight is 382 g/mol. The molecular weight excluding hydrogens is 356 g/mol. The van der Waals surface area contributed by atoms with E-state index in [1.165, 1.54) is 7.11 Å². The van der Waals surface area contributed by atoms with Crippen LogP contribution in [0.4, 0.5) is 0 Å². The van der Waals surface area contributed by atoms with Gasteiger partial charge in [-0.2, -0.15) is 0 Å².